The van der Waals surface area contributed by atoms with E-state index in [9.17, 15) is 14.4 Å². The highest BCUT2D eigenvalue weighted by Crippen LogP contribution is 2.36. The zero-order valence-electron chi connectivity index (χ0n) is 19.2. The first kappa shape index (κ1) is 23.2. The second-order valence-corrected chi connectivity index (χ2v) is 8.53. The number of furan rings is 1. The van der Waals surface area contributed by atoms with E-state index in [1.165, 1.54) is 37.0 Å². The van der Waals surface area contributed by atoms with Crippen LogP contribution in [-0.2, 0) is 14.3 Å². The third kappa shape index (κ3) is 4.19. The van der Waals surface area contributed by atoms with E-state index in [1.54, 1.807) is 37.3 Å². The van der Waals surface area contributed by atoms with Crippen molar-refractivity contribution in [1.82, 2.24) is 4.57 Å². The van der Waals surface area contributed by atoms with E-state index in [0.29, 0.717) is 26.4 Å². The minimum Gasteiger partial charge on any atom is -0.493 e. The maximum absolute atomic E-state index is 13.5. The summed E-state index contributed by atoms with van der Waals surface area (Å²) in [6, 6.07) is 7.60. The summed E-state index contributed by atoms with van der Waals surface area (Å²) >= 11 is 1.19. The molecule has 34 heavy (non-hydrogen) atoms. The van der Waals surface area contributed by atoms with Gasteiger partial charge in [0.2, 0.25) is 0 Å². The number of aryl methyl sites for hydroxylation is 1. The van der Waals surface area contributed by atoms with Crippen LogP contribution in [0.25, 0.3) is 6.08 Å². The summed E-state index contributed by atoms with van der Waals surface area (Å²) in [4.78, 5) is 42.7. The SMILES string of the molecule is COC(=O)C1=C(C)N=c2s/c(=C\c3ccc(C)o3)c(=O)n2[C@@H]1c1ccc(OC(C)=O)c(OC)c1. The van der Waals surface area contributed by atoms with Gasteiger partial charge < -0.3 is 18.6 Å². The fraction of sp³-hybridized carbons (Fsp3) is 0.250. The quantitative estimate of drug-likeness (QED) is 0.405. The number of hydrogen-bond donors (Lipinski definition) is 0. The van der Waals surface area contributed by atoms with Gasteiger partial charge in [0.05, 0.1) is 36.1 Å². The number of aromatic nitrogens is 1. The summed E-state index contributed by atoms with van der Waals surface area (Å²) in [5, 5.41) is 0. The van der Waals surface area contributed by atoms with Crippen molar-refractivity contribution in [3.05, 3.63) is 78.4 Å². The third-order valence-corrected chi connectivity index (χ3v) is 6.20. The second kappa shape index (κ2) is 9.14. The van der Waals surface area contributed by atoms with Gasteiger partial charge in [0.1, 0.15) is 11.5 Å². The first-order chi connectivity index (χ1) is 16.2. The topological polar surface area (TPSA) is 109 Å². The van der Waals surface area contributed by atoms with Crippen molar-refractivity contribution in [2.24, 2.45) is 4.99 Å². The number of benzene rings is 1. The molecule has 176 valence electrons. The van der Waals surface area contributed by atoms with E-state index < -0.39 is 18.0 Å². The number of hydrogen-bond acceptors (Lipinski definition) is 9. The first-order valence-corrected chi connectivity index (χ1v) is 11.1. The van der Waals surface area contributed by atoms with Crippen molar-refractivity contribution >= 4 is 29.4 Å². The van der Waals surface area contributed by atoms with Crippen LogP contribution >= 0.6 is 11.3 Å². The van der Waals surface area contributed by atoms with Crippen LogP contribution in [0, 0.1) is 6.92 Å². The Labute approximate surface area is 198 Å². The normalized spacial score (nSPS) is 15.6. The molecule has 0 unspecified atom stereocenters. The Kier molecular flexibility index (Phi) is 6.25. The maximum atomic E-state index is 13.5. The monoisotopic (exact) mass is 482 g/mol. The van der Waals surface area contributed by atoms with Gasteiger partial charge in [0, 0.05) is 13.0 Å². The smallest absolute Gasteiger partial charge is 0.338 e. The van der Waals surface area contributed by atoms with Crippen LogP contribution in [-0.4, -0.2) is 30.7 Å². The van der Waals surface area contributed by atoms with Crippen LogP contribution in [0.1, 0.15) is 37.0 Å². The predicted molar refractivity (Wildman–Crippen MR) is 124 cm³/mol. The zero-order valence-corrected chi connectivity index (χ0v) is 20.0. The molecule has 0 radical (unpaired) electrons. The largest absolute Gasteiger partial charge is 0.493 e. The summed E-state index contributed by atoms with van der Waals surface area (Å²) in [5.74, 6) is 0.652. The van der Waals surface area contributed by atoms with E-state index in [0.717, 1.165) is 5.76 Å². The molecule has 0 saturated heterocycles. The number of thiazole rings is 1. The van der Waals surface area contributed by atoms with Crippen LogP contribution in [0.5, 0.6) is 11.5 Å². The Hall–Kier alpha value is -3.92. The van der Waals surface area contributed by atoms with Crippen molar-refractivity contribution in [2.45, 2.75) is 26.8 Å². The minimum atomic E-state index is -0.829. The third-order valence-electron chi connectivity index (χ3n) is 5.22. The van der Waals surface area contributed by atoms with Crippen molar-refractivity contribution < 1.29 is 28.2 Å². The molecule has 1 atom stereocenters. The van der Waals surface area contributed by atoms with Crippen LogP contribution in [0.2, 0.25) is 0 Å². The van der Waals surface area contributed by atoms with Gasteiger partial charge in [0.15, 0.2) is 16.3 Å². The average molecular weight is 483 g/mol. The molecule has 1 aliphatic rings. The Morgan fingerprint density at radius 1 is 1.15 bits per heavy atom. The molecule has 2 aromatic heterocycles. The van der Waals surface area contributed by atoms with Gasteiger partial charge in [-0.2, -0.15) is 0 Å². The van der Waals surface area contributed by atoms with Gasteiger partial charge >= 0.3 is 11.9 Å². The molecule has 3 heterocycles. The summed E-state index contributed by atoms with van der Waals surface area (Å²) in [6.45, 7) is 4.79. The fourth-order valence-corrected chi connectivity index (χ4v) is 4.79. The minimum absolute atomic E-state index is 0.220. The predicted octanol–water partition coefficient (Wildman–Crippen LogP) is 2.24. The van der Waals surface area contributed by atoms with Crippen molar-refractivity contribution in [3.8, 4) is 11.5 Å². The summed E-state index contributed by atoms with van der Waals surface area (Å²) in [7, 11) is 2.71. The molecule has 10 heteroatoms. The van der Waals surface area contributed by atoms with E-state index in [2.05, 4.69) is 4.99 Å². The number of nitrogens with zero attached hydrogens (tertiary/aromatic N) is 2. The number of allylic oxidation sites excluding steroid dienone is 1. The van der Waals surface area contributed by atoms with Gasteiger partial charge in [0.25, 0.3) is 5.56 Å². The van der Waals surface area contributed by atoms with Crippen LogP contribution in [0.3, 0.4) is 0 Å². The molecule has 4 rings (SSSR count). The lowest BCUT2D eigenvalue weighted by Crippen LogP contribution is -2.39. The molecular weight excluding hydrogens is 460 g/mol. The van der Waals surface area contributed by atoms with Gasteiger partial charge in [-0.25, -0.2) is 9.79 Å². The standard InChI is InChI=1S/C24H22N2O7S/c1-12-6-8-16(32-12)11-19-22(28)26-21(20(23(29)31-5)13(2)25-24(26)34-19)15-7-9-17(33-14(3)27)18(10-15)30-4/h6-11,21H,1-5H3/b19-11-/t21-/m1/s1. The highest BCUT2D eigenvalue weighted by molar-refractivity contribution is 7.07. The van der Waals surface area contributed by atoms with E-state index in [4.69, 9.17) is 18.6 Å². The second-order valence-electron chi connectivity index (χ2n) is 7.53. The summed E-state index contributed by atoms with van der Waals surface area (Å²) in [5.41, 5.74) is 0.878. The number of esters is 2. The number of rotatable bonds is 5. The average Bonchev–Trinajstić information content (AvgIpc) is 3.34. The Balaban J connectivity index is 1.96. The Morgan fingerprint density at radius 2 is 1.91 bits per heavy atom. The summed E-state index contributed by atoms with van der Waals surface area (Å²) < 4.78 is 23.0. The van der Waals surface area contributed by atoms with Crippen molar-refractivity contribution in [3.63, 3.8) is 0 Å². The molecule has 0 N–H and O–H groups in total. The Bertz CT molecular complexity index is 1510. The Morgan fingerprint density at radius 3 is 2.53 bits per heavy atom. The molecule has 9 nitrogen and oxygen atoms in total. The van der Waals surface area contributed by atoms with E-state index in [-0.39, 0.29) is 22.6 Å². The molecule has 0 bridgehead atoms. The maximum Gasteiger partial charge on any atom is 0.338 e. The van der Waals surface area contributed by atoms with Gasteiger partial charge in [-0.05, 0) is 43.7 Å². The molecule has 0 saturated carbocycles. The molecule has 1 aromatic carbocycles. The van der Waals surface area contributed by atoms with Gasteiger partial charge in [-0.15, -0.1) is 0 Å². The highest BCUT2D eigenvalue weighted by Gasteiger charge is 2.33. The van der Waals surface area contributed by atoms with E-state index in [1.807, 2.05) is 13.0 Å². The lowest BCUT2D eigenvalue weighted by atomic mass is 9.95. The lowest BCUT2D eigenvalue weighted by Gasteiger charge is -2.25. The highest BCUT2D eigenvalue weighted by atomic mass is 32.1. The number of fused-ring (bicyclic) bond motifs is 1. The van der Waals surface area contributed by atoms with Crippen molar-refractivity contribution in [1.29, 1.82) is 0 Å². The zero-order chi connectivity index (χ0) is 24.6. The number of methoxy groups -OCH3 is 2. The fourth-order valence-electron chi connectivity index (χ4n) is 3.76. The molecular formula is C24H22N2O7S. The molecule has 0 fully saturated rings. The van der Waals surface area contributed by atoms with Crippen LogP contribution in [0.4, 0.5) is 0 Å². The van der Waals surface area contributed by atoms with Crippen molar-refractivity contribution in [2.75, 3.05) is 14.2 Å². The number of ether oxygens (including phenoxy) is 3. The van der Waals surface area contributed by atoms with Crippen LogP contribution < -0.4 is 24.4 Å². The first-order valence-electron chi connectivity index (χ1n) is 10.3. The summed E-state index contributed by atoms with van der Waals surface area (Å²) in [6.07, 6.45) is 1.65. The number of carbonyl (C=O) groups excluding carboxylic acids is 2. The van der Waals surface area contributed by atoms with Gasteiger partial charge in [-0.3, -0.25) is 14.2 Å². The molecule has 0 spiro atoms. The number of carbonyl (C=O) groups is 2. The molecule has 0 aliphatic carbocycles. The van der Waals surface area contributed by atoms with E-state index >= 15 is 0 Å². The van der Waals surface area contributed by atoms with Crippen LogP contribution in [0.15, 0.2) is 55.8 Å². The molecule has 3 aromatic rings. The van der Waals surface area contributed by atoms with Gasteiger partial charge in [-0.1, -0.05) is 17.4 Å². The molecule has 1 aliphatic heterocycles. The lowest BCUT2D eigenvalue weighted by molar-refractivity contribution is -0.136. The molecule has 0 amide bonds.